The molecule has 0 radical (unpaired) electrons. The first kappa shape index (κ1) is 37.4. The molecule has 0 atom stereocenters. The number of rotatable bonds is 15. The molecule has 0 saturated carbocycles. The Hall–Kier alpha value is -2.83. The van der Waals surface area contributed by atoms with Crippen LogP contribution in [-0.4, -0.2) is 51.8 Å². The van der Waals surface area contributed by atoms with Gasteiger partial charge in [0, 0.05) is 27.9 Å². The molecule has 0 aliphatic heterocycles. The van der Waals surface area contributed by atoms with Gasteiger partial charge in [-0.05, 0) is 54.6 Å². The van der Waals surface area contributed by atoms with Crippen molar-refractivity contribution in [3.05, 3.63) is 53.3 Å². The monoisotopic (exact) mass is 693 g/mol. The van der Waals surface area contributed by atoms with E-state index in [2.05, 4.69) is 72.3 Å². The standard InChI is InChI=1S/C26H39F3N5O6PSSi2/c1-43(2,3)14-12-38-41(36,39-13-15-44(4,5)6)40-23-10-9-20(26(27,28)29)16-19(23)18-37-25(35)33-21-8-7-11-31-22(21)17-32-34-24(30)42/h7-11,16-17H,12-15,18H2,1-6H3,(H,33,35)(H3,30,34,42). The molecule has 44 heavy (non-hydrogen) atoms. The minimum atomic E-state index is -4.70. The SMILES string of the molecule is C[Si](C)(C)CCOP(=O)(OCC[Si](C)(C)C)Oc1ccc(C(F)(F)F)cc1COC(=O)Nc1cccnc1C=NNC(N)=S. The fourth-order valence-corrected chi connectivity index (χ4v) is 6.22. The number of thiocarbonyl (C=S) groups is 1. The van der Waals surface area contributed by atoms with Crippen LogP contribution >= 0.6 is 20.0 Å². The van der Waals surface area contributed by atoms with Gasteiger partial charge in [0.2, 0.25) is 0 Å². The molecule has 0 bridgehead atoms. The minimum absolute atomic E-state index is 0.0815. The molecule has 18 heteroatoms. The topological polar surface area (TPSA) is 146 Å². The van der Waals surface area contributed by atoms with Crippen LogP contribution in [0.5, 0.6) is 5.75 Å². The number of carbonyl (C=O) groups excluding carboxylic acids is 1. The lowest BCUT2D eigenvalue weighted by atomic mass is 10.1. The summed E-state index contributed by atoms with van der Waals surface area (Å²) in [6, 6.07) is 6.86. The van der Waals surface area contributed by atoms with E-state index in [9.17, 15) is 22.5 Å². The third-order valence-corrected chi connectivity index (χ3v) is 10.5. The summed E-state index contributed by atoms with van der Waals surface area (Å²) in [6.45, 7) is 12.2. The van der Waals surface area contributed by atoms with E-state index in [1.54, 1.807) is 0 Å². The lowest BCUT2D eigenvalue weighted by Crippen LogP contribution is -2.24. The summed E-state index contributed by atoms with van der Waals surface area (Å²) in [6.07, 6.45) is -3.03. The van der Waals surface area contributed by atoms with Crippen LogP contribution in [0.1, 0.15) is 16.8 Å². The molecule has 2 aromatic rings. The number of hydrogen-bond donors (Lipinski definition) is 3. The zero-order valence-electron chi connectivity index (χ0n) is 25.5. The predicted molar refractivity (Wildman–Crippen MR) is 173 cm³/mol. The third-order valence-electron chi connectivity index (χ3n) is 5.60. The normalized spacial score (nSPS) is 12.7. The van der Waals surface area contributed by atoms with Crippen LogP contribution in [0.2, 0.25) is 51.4 Å². The molecule has 0 unspecified atom stereocenters. The zero-order valence-corrected chi connectivity index (χ0v) is 29.2. The van der Waals surface area contributed by atoms with Crippen LogP contribution in [0.25, 0.3) is 0 Å². The molecule has 0 aliphatic carbocycles. The number of aromatic nitrogens is 1. The van der Waals surface area contributed by atoms with Crippen molar-refractivity contribution >= 4 is 59.3 Å². The summed E-state index contributed by atoms with van der Waals surface area (Å²) in [7, 11) is -7.44. The fraction of sp³-hybridized carbons (Fsp3) is 0.462. The molecule has 0 aliphatic rings. The molecule has 244 valence electrons. The molecule has 0 spiro atoms. The maximum absolute atomic E-state index is 13.7. The number of amides is 1. The van der Waals surface area contributed by atoms with Gasteiger partial charge in [0.05, 0.1) is 30.7 Å². The van der Waals surface area contributed by atoms with Crippen molar-refractivity contribution in [1.29, 1.82) is 0 Å². The Kier molecular flexibility index (Phi) is 13.5. The number of nitrogens with one attached hydrogen (secondary N) is 2. The van der Waals surface area contributed by atoms with E-state index < -0.39 is 48.4 Å². The van der Waals surface area contributed by atoms with E-state index in [1.165, 1.54) is 24.5 Å². The van der Waals surface area contributed by atoms with Crippen molar-refractivity contribution in [2.75, 3.05) is 18.5 Å². The maximum Gasteiger partial charge on any atom is 0.530 e. The Labute approximate surface area is 262 Å². The van der Waals surface area contributed by atoms with E-state index in [-0.39, 0.29) is 41.0 Å². The number of hydrogen-bond acceptors (Lipinski definition) is 9. The Bertz CT molecular complexity index is 1350. The number of pyridine rings is 1. The van der Waals surface area contributed by atoms with Crippen molar-refractivity contribution < 1.29 is 40.8 Å². The van der Waals surface area contributed by atoms with Gasteiger partial charge in [0.25, 0.3) is 0 Å². The first-order valence-electron chi connectivity index (χ1n) is 13.5. The maximum atomic E-state index is 13.7. The van der Waals surface area contributed by atoms with Gasteiger partial charge in [-0.3, -0.25) is 24.8 Å². The number of alkyl halides is 3. The molecule has 11 nitrogen and oxygen atoms in total. The van der Waals surface area contributed by atoms with Crippen molar-refractivity contribution in [2.24, 2.45) is 10.8 Å². The Morgan fingerprint density at radius 1 is 1.09 bits per heavy atom. The van der Waals surface area contributed by atoms with Crippen LogP contribution in [0.4, 0.5) is 23.7 Å². The Balaban J connectivity index is 2.29. The van der Waals surface area contributed by atoms with E-state index in [0.717, 1.165) is 18.2 Å². The highest BCUT2D eigenvalue weighted by molar-refractivity contribution is 7.80. The fourth-order valence-electron chi connectivity index (χ4n) is 3.17. The van der Waals surface area contributed by atoms with Gasteiger partial charge in [-0.2, -0.15) is 18.3 Å². The van der Waals surface area contributed by atoms with Gasteiger partial charge in [0.1, 0.15) is 18.1 Å². The number of anilines is 1. The molecule has 0 fully saturated rings. The van der Waals surface area contributed by atoms with Crippen molar-refractivity contribution in [2.45, 2.75) is 64.2 Å². The average Bonchev–Trinajstić information content (AvgIpc) is 2.86. The molecular formula is C26H39F3N5O6PSSi2. The van der Waals surface area contributed by atoms with E-state index in [0.29, 0.717) is 12.1 Å². The summed E-state index contributed by atoms with van der Waals surface area (Å²) in [5, 5.41) is 6.15. The van der Waals surface area contributed by atoms with Crippen LogP contribution in [0.3, 0.4) is 0 Å². The summed E-state index contributed by atoms with van der Waals surface area (Å²) in [4.78, 5) is 16.7. The zero-order chi connectivity index (χ0) is 33.2. The smallest absolute Gasteiger partial charge is 0.444 e. The molecule has 1 heterocycles. The van der Waals surface area contributed by atoms with E-state index in [1.807, 2.05) is 0 Å². The second-order valence-corrected chi connectivity index (χ2v) is 25.3. The number of benzene rings is 1. The first-order chi connectivity index (χ1) is 20.3. The highest BCUT2D eigenvalue weighted by Gasteiger charge is 2.34. The number of hydrazone groups is 1. The average molecular weight is 694 g/mol. The van der Waals surface area contributed by atoms with Gasteiger partial charge >= 0.3 is 20.1 Å². The van der Waals surface area contributed by atoms with Crippen molar-refractivity contribution in [3.63, 3.8) is 0 Å². The molecule has 2 rings (SSSR count). The first-order valence-corrected chi connectivity index (χ1v) is 22.8. The Morgan fingerprint density at radius 3 is 2.25 bits per heavy atom. The minimum Gasteiger partial charge on any atom is -0.444 e. The van der Waals surface area contributed by atoms with Crippen LogP contribution in [0, 0.1) is 0 Å². The van der Waals surface area contributed by atoms with Gasteiger partial charge in [-0.15, -0.1) is 0 Å². The number of phosphoric ester groups is 1. The number of ether oxygens (including phenoxy) is 1. The second kappa shape index (κ2) is 15.9. The lowest BCUT2D eigenvalue weighted by Gasteiger charge is -2.24. The largest absolute Gasteiger partial charge is 0.530 e. The number of halogens is 3. The Morgan fingerprint density at radius 2 is 1.70 bits per heavy atom. The second-order valence-electron chi connectivity index (χ2n) is 12.0. The number of phosphoric acid groups is 1. The highest BCUT2D eigenvalue weighted by Crippen LogP contribution is 2.51. The third kappa shape index (κ3) is 14.3. The van der Waals surface area contributed by atoms with Crippen LogP contribution in [0.15, 0.2) is 41.6 Å². The summed E-state index contributed by atoms with van der Waals surface area (Å²) in [5.74, 6) is -0.242. The molecule has 0 saturated heterocycles. The highest BCUT2D eigenvalue weighted by atomic mass is 32.1. The molecule has 1 aromatic heterocycles. The van der Waals surface area contributed by atoms with Gasteiger partial charge in [-0.1, -0.05) is 39.3 Å². The molecule has 1 amide bonds. The van der Waals surface area contributed by atoms with Crippen LogP contribution < -0.4 is 21.0 Å². The van der Waals surface area contributed by atoms with Gasteiger partial charge < -0.3 is 15.0 Å². The lowest BCUT2D eigenvalue weighted by molar-refractivity contribution is -0.137. The quantitative estimate of drug-likeness (QED) is 0.0575. The summed E-state index contributed by atoms with van der Waals surface area (Å²) >= 11 is 4.67. The van der Waals surface area contributed by atoms with Gasteiger partial charge in [-0.25, -0.2) is 9.36 Å². The predicted octanol–water partition coefficient (Wildman–Crippen LogP) is 7.21. The van der Waals surface area contributed by atoms with Crippen molar-refractivity contribution in [3.8, 4) is 5.75 Å². The van der Waals surface area contributed by atoms with Crippen LogP contribution in [-0.2, 0) is 31.1 Å². The van der Waals surface area contributed by atoms with Crippen molar-refractivity contribution in [1.82, 2.24) is 10.4 Å². The van der Waals surface area contributed by atoms with E-state index >= 15 is 0 Å². The molecule has 4 N–H and O–H groups in total. The van der Waals surface area contributed by atoms with Gasteiger partial charge in [0.15, 0.2) is 5.11 Å². The number of nitrogens with zero attached hydrogens (tertiary/aromatic N) is 2. The summed E-state index contributed by atoms with van der Waals surface area (Å²) < 4.78 is 76.6. The van der Waals surface area contributed by atoms with E-state index in [4.69, 9.17) is 24.0 Å². The number of nitrogens with two attached hydrogens (primary N) is 1. The molecule has 1 aromatic carbocycles. The summed E-state index contributed by atoms with van der Waals surface area (Å²) in [5.41, 5.74) is 6.85. The molecular weight excluding hydrogens is 655 g/mol. The number of carbonyl (C=O) groups is 1.